The van der Waals surface area contributed by atoms with E-state index in [4.69, 9.17) is 23.5 Å². The third-order valence-electron chi connectivity index (χ3n) is 9.36. The van der Waals surface area contributed by atoms with Gasteiger partial charge in [0.25, 0.3) is 0 Å². The fraction of sp³-hybridized carbons (Fsp3) is 1.00. The highest BCUT2D eigenvalue weighted by atomic mass is 31.2. The van der Waals surface area contributed by atoms with Crippen molar-refractivity contribution in [2.24, 2.45) is 11.8 Å². The van der Waals surface area contributed by atoms with E-state index in [0.717, 1.165) is 38.7 Å². The molecule has 0 radical (unpaired) electrons. The van der Waals surface area contributed by atoms with Crippen LogP contribution in [-0.4, -0.2) is 58.8 Å². The molecule has 4 aliphatic heterocycles. The molecular formula is C26H47O7P. The van der Waals surface area contributed by atoms with E-state index in [1.807, 2.05) is 0 Å². The second-order valence-electron chi connectivity index (χ2n) is 10.9. The van der Waals surface area contributed by atoms with Crippen molar-refractivity contribution in [3.05, 3.63) is 0 Å². The minimum absolute atomic E-state index is 0.373. The van der Waals surface area contributed by atoms with Gasteiger partial charge in [-0.15, -0.1) is 0 Å². The molecule has 4 heterocycles. The second kappa shape index (κ2) is 11.3. The molecule has 0 aromatic carbocycles. The van der Waals surface area contributed by atoms with E-state index in [2.05, 4.69) is 20.8 Å². The van der Waals surface area contributed by atoms with Crippen LogP contribution >= 0.6 is 8.60 Å². The predicted octanol–water partition coefficient (Wildman–Crippen LogP) is 5.61. The largest absolute Gasteiger partial charge is 0.371 e. The average Bonchev–Trinajstić information content (AvgIpc) is 2.69. The van der Waals surface area contributed by atoms with Crippen LogP contribution in [0.4, 0.5) is 0 Å². The Bertz CT molecular complexity index is 641. The molecule has 0 aromatic rings. The molecule has 4 aliphatic rings. The molecule has 0 amide bonds. The average molecular weight is 503 g/mol. The predicted molar refractivity (Wildman–Crippen MR) is 131 cm³/mol. The summed E-state index contributed by atoms with van der Waals surface area (Å²) in [4.78, 5) is 19.7. The van der Waals surface area contributed by atoms with Crippen LogP contribution in [0.2, 0.25) is 0 Å². The van der Waals surface area contributed by atoms with E-state index in [0.29, 0.717) is 38.1 Å². The fourth-order valence-corrected chi connectivity index (χ4v) is 7.83. The molecule has 6 atom stereocenters. The van der Waals surface area contributed by atoms with E-state index >= 15 is 0 Å². The highest BCUT2D eigenvalue weighted by molar-refractivity contribution is 7.39. The van der Waals surface area contributed by atoms with E-state index in [-0.39, 0.29) is 0 Å². The Morgan fingerprint density at radius 3 is 1.74 bits per heavy atom. The van der Waals surface area contributed by atoms with E-state index < -0.39 is 31.2 Å². The molecule has 0 aromatic heterocycles. The van der Waals surface area contributed by atoms with Gasteiger partial charge >= 0.3 is 8.60 Å². The van der Waals surface area contributed by atoms with Crippen molar-refractivity contribution in [2.45, 2.75) is 127 Å². The van der Waals surface area contributed by atoms with Gasteiger partial charge < -0.3 is 28.7 Å². The van der Waals surface area contributed by atoms with Crippen molar-refractivity contribution in [2.75, 3.05) is 26.4 Å². The maximum Gasteiger partial charge on any atom is 0.329 e. The van der Waals surface area contributed by atoms with Crippen LogP contribution < -0.4 is 0 Å². The van der Waals surface area contributed by atoms with Crippen molar-refractivity contribution in [3.8, 4) is 0 Å². The first-order chi connectivity index (χ1) is 16.4. The van der Waals surface area contributed by atoms with Crippen molar-refractivity contribution < 1.29 is 33.3 Å². The molecule has 198 valence electrons. The van der Waals surface area contributed by atoms with Gasteiger partial charge in [0.05, 0.1) is 26.4 Å². The first-order valence-electron chi connectivity index (χ1n) is 13.9. The Morgan fingerprint density at radius 1 is 0.765 bits per heavy atom. The Labute approximate surface area is 207 Å². The summed E-state index contributed by atoms with van der Waals surface area (Å²) in [5.74, 6) is -0.124. The van der Waals surface area contributed by atoms with Crippen molar-refractivity contribution in [1.82, 2.24) is 0 Å². The van der Waals surface area contributed by atoms with Crippen LogP contribution in [0.5, 0.6) is 0 Å². The number of rotatable bonds is 16. The normalized spacial score (nSPS) is 39.0. The second-order valence-corrected chi connectivity index (χ2v) is 11.6. The third kappa shape index (κ3) is 4.30. The van der Waals surface area contributed by atoms with Gasteiger partial charge in [-0.1, -0.05) is 65.7 Å². The van der Waals surface area contributed by atoms with E-state index in [9.17, 15) is 9.79 Å². The number of hydrogen-bond donors (Lipinski definition) is 2. The minimum Gasteiger partial charge on any atom is -0.371 e. The molecule has 4 rings (SSSR count). The highest BCUT2D eigenvalue weighted by Gasteiger charge is 2.82. The summed E-state index contributed by atoms with van der Waals surface area (Å²) in [5.41, 5.74) is -1.98. The van der Waals surface area contributed by atoms with Gasteiger partial charge in [0.2, 0.25) is 5.79 Å². The van der Waals surface area contributed by atoms with Gasteiger partial charge in [0.15, 0.2) is 5.60 Å². The Morgan fingerprint density at radius 2 is 1.35 bits per heavy atom. The summed E-state index contributed by atoms with van der Waals surface area (Å²) in [7, 11) is -2.58. The molecule has 4 fully saturated rings. The zero-order valence-corrected chi connectivity index (χ0v) is 22.5. The van der Waals surface area contributed by atoms with Gasteiger partial charge in [-0.05, 0) is 24.7 Å². The SMILES string of the molecule is CCCCCC(CC(CC)CCCC)C1(C2(C3(C4(OP(O)O)CCO4)CCO3)CCO2)CCO1. The first-order valence-corrected chi connectivity index (χ1v) is 15.0. The van der Waals surface area contributed by atoms with Crippen molar-refractivity contribution >= 4 is 8.60 Å². The smallest absolute Gasteiger partial charge is 0.329 e. The summed E-state index contributed by atoms with van der Waals surface area (Å²) in [5, 5.41) is 0. The molecule has 7 nitrogen and oxygen atoms in total. The fourth-order valence-electron chi connectivity index (χ4n) is 7.27. The zero-order valence-electron chi connectivity index (χ0n) is 21.6. The standard InChI is InChI=1S/C26H47O7P/c1-4-7-9-11-22(20-21(6-3)10-8-5-2)23(12-16-29-23)24(13-17-30-24)25(14-18-31-25)26(15-19-32-26)33-34(27)28/h21-22,27-28H,4-20H2,1-3H3. The quantitative estimate of drug-likeness (QED) is 0.209. The zero-order chi connectivity index (χ0) is 24.3. The number of ether oxygens (including phenoxy) is 4. The molecule has 4 saturated heterocycles. The third-order valence-corrected chi connectivity index (χ3v) is 9.82. The topological polar surface area (TPSA) is 86.6 Å². The van der Waals surface area contributed by atoms with Crippen LogP contribution in [-0.2, 0) is 23.5 Å². The molecule has 0 aliphatic carbocycles. The molecule has 0 spiro atoms. The minimum atomic E-state index is -2.58. The summed E-state index contributed by atoms with van der Waals surface area (Å²) in [6.07, 6.45) is 13.9. The van der Waals surface area contributed by atoms with Crippen molar-refractivity contribution in [1.29, 1.82) is 0 Å². The van der Waals surface area contributed by atoms with Crippen LogP contribution in [0.15, 0.2) is 0 Å². The molecule has 34 heavy (non-hydrogen) atoms. The lowest BCUT2D eigenvalue weighted by Gasteiger charge is -2.74. The number of unbranched alkanes of at least 4 members (excludes halogenated alkanes) is 3. The highest BCUT2D eigenvalue weighted by Crippen LogP contribution is 2.67. The summed E-state index contributed by atoms with van der Waals surface area (Å²) in [6.45, 7) is 9.36. The van der Waals surface area contributed by atoms with Gasteiger partial charge in [0, 0.05) is 25.7 Å². The molecular weight excluding hydrogens is 455 g/mol. The first kappa shape index (κ1) is 27.2. The summed E-state index contributed by atoms with van der Waals surface area (Å²) >= 11 is 0. The Kier molecular flexibility index (Phi) is 9.01. The number of hydrogen-bond acceptors (Lipinski definition) is 7. The van der Waals surface area contributed by atoms with Gasteiger partial charge in [-0.3, -0.25) is 4.52 Å². The van der Waals surface area contributed by atoms with Crippen LogP contribution in [0.1, 0.15) is 104 Å². The van der Waals surface area contributed by atoms with E-state index in [1.165, 1.54) is 44.9 Å². The molecule has 8 heteroatoms. The Hall–Kier alpha value is 0.150. The molecule has 2 N–H and O–H groups in total. The maximum absolute atomic E-state index is 9.84. The molecule has 0 bridgehead atoms. The van der Waals surface area contributed by atoms with Crippen LogP contribution in [0.25, 0.3) is 0 Å². The monoisotopic (exact) mass is 502 g/mol. The van der Waals surface area contributed by atoms with Gasteiger partial charge in [-0.2, -0.15) is 0 Å². The van der Waals surface area contributed by atoms with Crippen LogP contribution in [0.3, 0.4) is 0 Å². The van der Waals surface area contributed by atoms with Gasteiger partial charge in [-0.25, -0.2) is 0 Å². The lowest BCUT2D eigenvalue weighted by Crippen LogP contribution is -2.88. The van der Waals surface area contributed by atoms with Crippen LogP contribution in [0, 0.1) is 11.8 Å². The maximum atomic E-state index is 9.84. The lowest BCUT2D eigenvalue weighted by atomic mass is 9.52. The molecule has 6 unspecified atom stereocenters. The van der Waals surface area contributed by atoms with E-state index in [1.54, 1.807) is 0 Å². The summed E-state index contributed by atoms with van der Waals surface area (Å²) in [6, 6.07) is 0. The molecule has 0 saturated carbocycles. The Balaban J connectivity index is 1.67. The lowest BCUT2D eigenvalue weighted by molar-refractivity contribution is -0.481. The van der Waals surface area contributed by atoms with Crippen molar-refractivity contribution in [3.63, 3.8) is 0 Å². The summed E-state index contributed by atoms with van der Waals surface area (Å²) < 4.78 is 31.5. The van der Waals surface area contributed by atoms with Gasteiger partial charge in [0.1, 0.15) is 11.2 Å².